The van der Waals surface area contributed by atoms with E-state index in [2.05, 4.69) is 16.0 Å². The third kappa shape index (κ3) is 5.95. The van der Waals surface area contributed by atoms with Crippen molar-refractivity contribution in [2.24, 2.45) is 11.5 Å². The number of carbonyl (C=O) groups is 5. The minimum Gasteiger partial charge on any atom is -0.380 e. The number of amides is 5. The van der Waals surface area contributed by atoms with Crippen molar-refractivity contribution in [1.29, 1.82) is 0 Å². The fourth-order valence-corrected chi connectivity index (χ4v) is 4.65. The minimum atomic E-state index is -1.18. The highest BCUT2D eigenvalue weighted by Gasteiger charge is 2.37. The molecule has 204 valence electrons. The second kappa shape index (κ2) is 11.2. The first-order valence-corrected chi connectivity index (χ1v) is 12.2. The van der Waals surface area contributed by atoms with Crippen LogP contribution in [0.15, 0.2) is 36.4 Å². The largest absolute Gasteiger partial charge is 0.380 e. The molecule has 0 bridgehead atoms. The second-order valence-corrected chi connectivity index (χ2v) is 9.29. The first-order valence-electron chi connectivity index (χ1n) is 12.2. The van der Waals surface area contributed by atoms with Crippen LogP contribution in [-0.4, -0.2) is 58.0 Å². The molecule has 5 amide bonds. The Bertz CT molecular complexity index is 1380. The van der Waals surface area contributed by atoms with Crippen molar-refractivity contribution in [1.82, 2.24) is 10.2 Å². The minimum absolute atomic E-state index is 0.00517. The number of non-ortho nitro benzene ring substituents is 1. The number of hydrogen-bond donors (Lipinski definition) is 5. The van der Waals surface area contributed by atoms with E-state index in [1.807, 2.05) is 0 Å². The first-order chi connectivity index (χ1) is 18.5. The van der Waals surface area contributed by atoms with Crippen molar-refractivity contribution in [3.63, 3.8) is 0 Å². The van der Waals surface area contributed by atoms with E-state index in [4.69, 9.17) is 11.5 Å². The van der Waals surface area contributed by atoms with Gasteiger partial charge in [-0.25, -0.2) is 0 Å². The molecule has 1 fully saturated rings. The first kappa shape index (κ1) is 27.0. The molecule has 2 heterocycles. The number of anilines is 2. The van der Waals surface area contributed by atoms with Gasteiger partial charge in [0.2, 0.25) is 23.6 Å². The average Bonchev–Trinajstić information content (AvgIpc) is 3.39. The summed E-state index contributed by atoms with van der Waals surface area (Å²) in [6.45, 7) is 0.282. The number of hydrogen-bond acceptors (Lipinski definition) is 8. The number of rotatable bonds is 5. The van der Waals surface area contributed by atoms with Crippen LogP contribution in [0.25, 0.3) is 0 Å². The molecular weight excluding hydrogens is 510 g/mol. The van der Waals surface area contributed by atoms with E-state index in [1.54, 1.807) is 6.07 Å². The topological polar surface area (TPSA) is 220 Å². The predicted octanol–water partition coefficient (Wildman–Crippen LogP) is 0.613. The fraction of sp³-hybridized carbons (Fsp3) is 0.320. The molecule has 0 spiro atoms. The average molecular weight is 538 g/mol. The van der Waals surface area contributed by atoms with Gasteiger partial charge in [0.25, 0.3) is 11.6 Å². The van der Waals surface area contributed by atoms with Crippen LogP contribution >= 0.6 is 0 Å². The number of nitrogens with zero attached hydrogens (tertiary/aromatic N) is 2. The van der Waals surface area contributed by atoms with Crippen molar-refractivity contribution in [2.45, 2.75) is 44.3 Å². The number of primary amides is 2. The summed E-state index contributed by atoms with van der Waals surface area (Å²) in [6, 6.07) is 6.06. The third-order valence-electron chi connectivity index (χ3n) is 6.69. The van der Waals surface area contributed by atoms with Gasteiger partial charge in [-0.2, -0.15) is 0 Å². The SMILES string of the molecule is NC(=O)CC[C@@H]1NC(=O)[C@@H]2CCCN2C(=O)c2cc([N+](=O)[O-])ccc2NCc2ccc(C(N)=O)cc2NC1=O. The van der Waals surface area contributed by atoms with Crippen molar-refractivity contribution in [3.05, 3.63) is 63.2 Å². The molecule has 2 aliphatic rings. The number of nitro benzene ring substituents is 1. The molecule has 14 heteroatoms. The molecular formula is C25H27N7O7. The summed E-state index contributed by atoms with van der Waals surface area (Å²) in [5, 5.41) is 19.8. The van der Waals surface area contributed by atoms with Crippen LogP contribution in [0.4, 0.5) is 17.1 Å². The molecule has 1 saturated heterocycles. The Morgan fingerprint density at radius 2 is 1.82 bits per heavy atom. The summed E-state index contributed by atoms with van der Waals surface area (Å²) < 4.78 is 0. The van der Waals surface area contributed by atoms with Crippen molar-refractivity contribution in [3.8, 4) is 0 Å². The van der Waals surface area contributed by atoms with Crippen molar-refractivity contribution >= 4 is 46.6 Å². The van der Waals surface area contributed by atoms with Crippen LogP contribution in [0.1, 0.15) is 52.0 Å². The maximum Gasteiger partial charge on any atom is 0.270 e. The summed E-state index contributed by atoms with van der Waals surface area (Å²) in [6.07, 6.45) is 0.509. The number of carbonyl (C=O) groups excluding carboxylic acids is 5. The Kier molecular flexibility index (Phi) is 7.74. The van der Waals surface area contributed by atoms with Gasteiger partial charge in [-0.1, -0.05) is 6.07 Å². The lowest BCUT2D eigenvalue weighted by Crippen LogP contribution is -2.52. The normalized spacial score (nSPS) is 19.4. The van der Waals surface area contributed by atoms with Gasteiger partial charge in [0.15, 0.2) is 0 Å². The van der Waals surface area contributed by atoms with Gasteiger partial charge >= 0.3 is 0 Å². The Balaban J connectivity index is 1.81. The molecule has 14 nitrogen and oxygen atoms in total. The summed E-state index contributed by atoms with van der Waals surface area (Å²) in [7, 11) is 0. The molecule has 0 saturated carbocycles. The molecule has 0 unspecified atom stereocenters. The van der Waals surface area contributed by atoms with Crippen LogP contribution in [0.3, 0.4) is 0 Å². The smallest absolute Gasteiger partial charge is 0.270 e. The third-order valence-corrected chi connectivity index (χ3v) is 6.69. The summed E-state index contributed by atoms with van der Waals surface area (Å²) >= 11 is 0. The van der Waals surface area contributed by atoms with E-state index in [0.717, 1.165) is 6.07 Å². The number of nitrogens with one attached hydrogen (secondary N) is 3. The van der Waals surface area contributed by atoms with Gasteiger partial charge in [-0.05, 0) is 43.0 Å². The molecule has 0 aromatic heterocycles. The Labute approximate surface area is 222 Å². The summed E-state index contributed by atoms with van der Waals surface area (Å²) in [4.78, 5) is 75.6. The van der Waals surface area contributed by atoms with E-state index in [0.29, 0.717) is 18.4 Å². The van der Waals surface area contributed by atoms with Crippen molar-refractivity contribution in [2.75, 3.05) is 17.2 Å². The van der Waals surface area contributed by atoms with Gasteiger partial charge in [0.05, 0.1) is 10.5 Å². The Morgan fingerprint density at radius 1 is 1.05 bits per heavy atom. The van der Waals surface area contributed by atoms with Gasteiger partial charge in [0, 0.05) is 48.6 Å². The van der Waals surface area contributed by atoms with E-state index >= 15 is 0 Å². The quantitative estimate of drug-likeness (QED) is 0.268. The molecule has 0 aliphatic carbocycles. The second-order valence-electron chi connectivity index (χ2n) is 9.29. The highest BCUT2D eigenvalue weighted by molar-refractivity contribution is 6.04. The van der Waals surface area contributed by atoms with Crippen LogP contribution in [-0.2, 0) is 20.9 Å². The summed E-state index contributed by atoms with van der Waals surface area (Å²) in [5.41, 5.74) is 11.5. The zero-order valence-corrected chi connectivity index (χ0v) is 20.8. The molecule has 0 radical (unpaired) electrons. The van der Waals surface area contributed by atoms with Gasteiger partial charge in [-0.3, -0.25) is 34.1 Å². The highest BCUT2D eigenvalue weighted by Crippen LogP contribution is 2.29. The molecule has 39 heavy (non-hydrogen) atoms. The molecule has 7 N–H and O–H groups in total. The van der Waals surface area contributed by atoms with E-state index in [9.17, 15) is 34.1 Å². The van der Waals surface area contributed by atoms with Gasteiger partial charge in [-0.15, -0.1) is 0 Å². The van der Waals surface area contributed by atoms with Crippen LogP contribution in [0, 0.1) is 10.1 Å². The maximum atomic E-state index is 13.6. The van der Waals surface area contributed by atoms with Gasteiger partial charge < -0.3 is 32.3 Å². The lowest BCUT2D eigenvalue weighted by Gasteiger charge is -2.28. The molecule has 2 aromatic rings. The fourth-order valence-electron chi connectivity index (χ4n) is 4.65. The lowest BCUT2D eigenvalue weighted by molar-refractivity contribution is -0.384. The standard InChI is InChI=1S/C25H27N7O7/c26-21(33)8-7-18-23(35)30-19-10-13(22(27)34)3-4-14(19)12-28-17-6-5-15(32(38)39)11-16(17)25(37)31-9-1-2-20(31)24(36)29-18/h3-6,10-11,18,20,28H,1-2,7-9,12H2,(H2,26,33)(H2,27,34)(H,29,36)(H,30,35)/t18-,20-/m0/s1. The summed E-state index contributed by atoms with van der Waals surface area (Å²) in [5.74, 6) is -3.26. The number of benzene rings is 2. The Morgan fingerprint density at radius 3 is 2.51 bits per heavy atom. The molecule has 4 rings (SSSR count). The zero-order valence-electron chi connectivity index (χ0n) is 20.8. The number of nitro groups is 1. The zero-order chi connectivity index (χ0) is 28.3. The van der Waals surface area contributed by atoms with E-state index in [1.165, 1.54) is 29.2 Å². The maximum absolute atomic E-state index is 13.6. The monoisotopic (exact) mass is 537 g/mol. The van der Waals surface area contributed by atoms with E-state index < -0.39 is 46.5 Å². The molecule has 2 atom stereocenters. The number of fused-ring (bicyclic) bond motifs is 3. The van der Waals surface area contributed by atoms with Gasteiger partial charge in [0.1, 0.15) is 12.1 Å². The van der Waals surface area contributed by atoms with Crippen LogP contribution in [0.2, 0.25) is 0 Å². The Hall–Kier alpha value is -5.01. The van der Waals surface area contributed by atoms with E-state index in [-0.39, 0.29) is 54.1 Å². The van der Waals surface area contributed by atoms with Crippen molar-refractivity contribution < 1.29 is 28.9 Å². The lowest BCUT2D eigenvalue weighted by atomic mass is 10.0. The van der Waals surface area contributed by atoms with Crippen LogP contribution < -0.4 is 27.4 Å². The van der Waals surface area contributed by atoms with Crippen LogP contribution in [0.5, 0.6) is 0 Å². The highest BCUT2D eigenvalue weighted by atomic mass is 16.6. The molecule has 2 aliphatic heterocycles. The number of nitrogens with two attached hydrogens (primary N) is 2. The molecule has 2 aromatic carbocycles. The predicted molar refractivity (Wildman–Crippen MR) is 138 cm³/mol.